The zero-order chi connectivity index (χ0) is 19.3. The molecular formula is C23H22N2O2S. The molecule has 28 heavy (non-hydrogen) atoms. The van der Waals surface area contributed by atoms with E-state index in [0.717, 1.165) is 28.2 Å². The third-order valence-electron chi connectivity index (χ3n) is 5.69. The highest BCUT2D eigenvalue weighted by atomic mass is 32.1. The van der Waals surface area contributed by atoms with Gasteiger partial charge in [-0.15, -0.1) is 11.3 Å². The Kier molecular flexibility index (Phi) is 4.20. The second kappa shape index (κ2) is 6.74. The van der Waals surface area contributed by atoms with Gasteiger partial charge in [0.1, 0.15) is 11.0 Å². The van der Waals surface area contributed by atoms with Crippen LogP contribution in [0.5, 0.6) is 0 Å². The van der Waals surface area contributed by atoms with Gasteiger partial charge in [0, 0.05) is 23.1 Å². The van der Waals surface area contributed by atoms with Crippen LogP contribution in [0.1, 0.15) is 30.4 Å². The second-order valence-corrected chi connectivity index (χ2v) is 8.55. The van der Waals surface area contributed by atoms with Gasteiger partial charge < -0.3 is 10.1 Å². The van der Waals surface area contributed by atoms with E-state index in [9.17, 15) is 4.79 Å². The molecule has 4 nitrogen and oxygen atoms in total. The molecule has 1 N–H and O–H groups in total. The van der Waals surface area contributed by atoms with Crippen LogP contribution in [0, 0.1) is 12.8 Å². The van der Waals surface area contributed by atoms with Crippen LogP contribution in [0.25, 0.3) is 20.8 Å². The molecule has 0 saturated heterocycles. The maximum atomic E-state index is 12.4. The van der Waals surface area contributed by atoms with Gasteiger partial charge in [-0.1, -0.05) is 18.2 Å². The highest BCUT2D eigenvalue weighted by Gasteiger charge is 2.41. The summed E-state index contributed by atoms with van der Waals surface area (Å²) >= 11 is 1.73. The third-order valence-corrected chi connectivity index (χ3v) is 6.76. The first-order valence-electron chi connectivity index (χ1n) is 9.75. The van der Waals surface area contributed by atoms with Crippen molar-refractivity contribution in [3.63, 3.8) is 0 Å². The van der Waals surface area contributed by atoms with Crippen molar-refractivity contribution in [1.82, 2.24) is 4.98 Å². The molecule has 2 heterocycles. The summed E-state index contributed by atoms with van der Waals surface area (Å²) in [5, 5.41) is 4.47. The number of esters is 1. The first kappa shape index (κ1) is 17.4. The molecule has 142 valence electrons. The molecule has 0 saturated carbocycles. The van der Waals surface area contributed by atoms with E-state index >= 15 is 0 Å². The number of benzene rings is 2. The number of hydrogen-bond donors (Lipinski definition) is 1. The summed E-state index contributed by atoms with van der Waals surface area (Å²) in [6.45, 7) is 4.37. The smallest absolute Gasteiger partial charge is 0.328 e. The van der Waals surface area contributed by atoms with E-state index in [-0.39, 0.29) is 23.8 Å². The number of aryl methyl sites for hydroxylation is 1. The van der Waals surface area contributed by atoms with E-state index in [1.807, 2.05) is 6.92 Å². The van der Waals surface area contributed by atoms with Crippen LogP contribution >= 0.6 is 11.3 Å². The summed E-state index contributed by atoms with van der Waals surface area (Å²) < 4.78 is 6.52. The van der Waals surface area contributed by atoms with Crippen LogP contribution in [0.2, 0.25) is 0 Å². The van der Waals surface area contributed by atoms with Gasteiger partial charge in [-0.25, -0.2) is 9.78 Å². The number of ether oxygens (including phenoxy) is 1. The molecule has 0 amide bonds. The fraction of sp³-hybridized carbons (Fsp3) is 0.304. The average molecular weight is 391 g/mol. The van der Waals surface area contributed by atoms with Gasteiger partial charge in [0.25, 0.3) is 0 Å². The Labute approximate surface area is 168 Å². The molecule has 3 atom stereocenters. The number of anilines is 1. The van der Waals surface area contributed by atoms with Crippen LogP contribution in [-0.4, -0.2) is 23.6 Å². The fourth-order valence-electron chi connectivity index (χ4n) is 4.35. The molecule has 0 spiro atoms. The Balaban J connectivity index is 1.54. The van der Waals surface area contributed by atoms with Gasteiger partial charge in [-0.05, 0) is 61.7 Å². The van der Waals surface area contributed by atoms with Crippen molar-refractivity contribution in [3.05, 3.63) is 59.7 Å². The van der Waals surface area contributed by atoms with E-state index in [1.165, 1.54) is 15.8 Å². The maximum Gasteiger partial charge on any atom is 0.328 e. The van der Waals surface area contributed by atoms with Crippen molar-refractivity contribution < 1.29 is 9.53 Å². The van der Waals surface area contributed by atoms with Crippen LogP contribution in [0.4, 0.5) is 5.69 Å². The fourth-order valence-corrected chi connectivity index (χ4v) is 5.41. The Morgan fingerprint density at radius 2 is 2.18 bits per heavy atom. The number of hydrogen-bond acceptors (Lipinski definition) is 5. The first-order valence-corrected chi connectivity index (χ1v) is 10.6. The Hall–Kier alpha value is -2.66. The summed E-state index contributed by atoms with van der Waals surface area (Å²) in [5.74, 6) is 0.291. The number of carbonyl (C=O) groups is 1. The standard InChI is InChI=1S/C23H22N2O2S/c1-3-27-23(26)21-16-6-4-5-15(16)17-12-14(8-10-18(17)24-21)22-25-19-9-7-13(2)11-20(19)28-22/h4-5,7-12,15-16,21,24H,3,6H2,1-2H3/t15-,16+,21-/m1/s1. The van der Waals surface area contributed by atoms with Crippen molar-refractivity contribution in [1.29, 1.82) is 0 Å². The Morgan fingerprint density at radius 3 is 3.04 bits per heavy atom. The molecule has 1 aromatic heterocycles. The van der Waals surface area contributed by atoms with Crippen molar-refractivity contribution in [2.24, 2.45) is 5.92 Å². The molecule has 0 fully saturated rings. The summed E-state index contributed by atoms with van der Waals surface area (Å²) in [6.07, 6.45) is 5.32. The highest BCUT2D eigenvalue weighted by molar-refractivity contribution is 7.21. The van der Waals surface area contributed by atoms with E-state index in [2.05, 4.69) is 60.8 Å². The highest BCUT2D eigenvalue weighted by Crippen LogP contribution is 2.46. The predicted octanol–water partition coefficient (Wildman–Crippen LogP) is 5.29. The largest absolute Gasteiger partial charge is 0.464 e. The van der Waals surface area contributed by atoms with Crippen molar-refractivity contribution in [2.75, 3.05) is 11.9 Å². The Morgan fingerprint density at radius 1 is 1.29 bits per heavy atom. The van der Waals surface area contributed by atoms with Gasteiger partial charge in [0.15, 0.2) is 0 Å². The lowest BCUT2D eigenvalue weighted by atomic mass is 9.79. The lowest BCUT2D eigenvalue weighted by Gasteiger charge is -2.35. The van der Waals surface area contributed by atoms with E-state index < -0.39 is 0 Å². The quantitative estimate of drug-likeness (QED) is 0.488. The molecular weight excluding hydrogens is 368 g/mol. The van der Waals surface area contributed by atoms with E-state index in [0.29, 0.717) is 6.61 Å². The van der Waals surface area contributed by atoms with Crippen molar-refractivity contribution in [3.8, 4) is 10.6 Å². The first-order chi connectivity index (χ1) is 13.6. The zero-order valence-electron chi connectivity index (χ0n) is 15.9. The van der Waals surface area contributed by atoms with Crippen LogP contribution < -0.4 is 5.32 Å². The molecule has 5 rings (SSSR count). The number of nitrogens with zero attached hydrogens (tertiary/aromatic N) is 1. The second-order valence-electron chi connectivity index (χ2n) is 7.52. The molecule has 0 bridgehead atoms. The van der Waals surface area contributed by atoms with Gasteiger partial charge in [0.05, 0.1) is 16.8 Å². The minimum atomic E-state index is -0.288. The zero-order valence-corrected chi connectivity index (χ0v) is 16.8. The number of carbonyl (C=O) groups excluding carboxylic acids is 1. The van der Waals surface area contributed by atoms with Gasteiger partial charge >= 0.3 is 5.97 Å². The summed E-state index contributed by atoms with van der Waals surface area (Å²) in [5.41, 5.74) is 5.69. The monoisotopic (exact) mass is 390 g/mol. The van der Waals surface area contributed by atoms with Crippen LogP contribution in [0.15, 0.2) is 48.6 Å². The van der Waals surface area contributed by atoms with Crippen molar-refractivity contribution >= 4 is 33.2 Å². The lowest BCUT2D eigenvalue weighted by molar-refractivity contribution is -0.145. The molecule has 2 aliphatic rings. The summed E-state index contributed by atoms with van der Waals surface area (Å²) in [4.78, 5) is 17.3. The molecule has 0 radical (unpaired) electrons. The number of allylic oxidation sites excluding steroid dienone is 2. The topological polar surface area (TPSA) is 51.2 Å². The minimum Gasteiger partial charge on any atom is -0.464 e. The van der Waals surface area contributed by atoms with Gasteiger partial charge in [-0.3, -0.25) is 0 Å². The number of thiazole rings is 1. The SMILES string of the molecule is CCOC(=O)[C@@H]1Nc2ccc(-c3nc4ccc(C)cc4s3)cc2[C@@H]2C=CC[C@H]12. The lowest BCUT2D eigenvalue weighted by Crippen LogP contribution is -2.42. The van der Waals surface area contributed by atoms with E-state index in [1.54, 1.807) is 11.3 Å². The molecule has 2 aromatic carbocycles. The summed E-state index contributed by atoms with van der Waals surface area (Å²) in [6, 6.07) is 12.5. The average Bonchev–Trinajstić information content (AvgIpc) is 3.34. The number of rotatable bonds is 3. The molecule has 5 heteroatoms. The number of fused-ring (bicyclic) bond motifs is 4. The van der Waals surface area contributed by atoms with Crippen molar-refractivity contribution in [2.45, 2.75) is 32.2 Å². The maximum absolute atomic E-state index is 12.4. The molecule has 3 aromatic rings. The predicted molar refractivity (Wildman–Crippen MR) is 114 cm³/mol. The normalized spacial score (nSPS) is 22.6. The molecule has 1 aliphatic carbocycles. The number of aromatic nitrogens is 1. The Bertz CT molecular complexity index is 1100. The molecule has 0 unspecified atom stereocenters. The minimum absolute atomic E-state index is 0.155. The molecule has 1 aliphatic heterocycles. The summed E-state index contributed by atoms with van der Waals surface area (Å²) in [7, 11) is 0. The third kappa shape index (κ3) is 2.81. The number of nitrogens with one attached hydrogen (secondary N) is 1. The van der Waals surface area contributed by atoms with E-state index in [4.69, 9.17) is 9.72 Å². The van der Waals surface area contributed by atoms with Gasteiger partial charge in [-0.2, -0.15) is 0 Å². The van der Waals surface area contributed by atoms with Crippen LogP contribution in [0.3, 0.4) is 0 Å². The van der Waals surface area contributed by atoms with Gasteiger partial charge in [0.2, 0.25) is 0 Å². The van der Waals surface area contributed by atoms with Crippen LogP contribution in [-0.2, 0) is 9.53 Å².